The van der Waals surface area contributed by atoms with Crippen LogP contribution in [0.15, 0.2) is 11.3 Å². The fourth-order valence-corrected chi connectivity index (χ4v) is 0.959. The van der Waals surface area contributed by atoms with Gasteiger partial charge in [-0.2, -0.15) is 0 Å². The summed E-state index contributed by atoms with van der Waals surface area (Å²) in [5.74, 6) is -2.05. The first kappa shape index (κ1) is 13.4. The van der Waals surface area contributed by atoms with Crippen molar-refractivity contribution in [3.63, 3.8) is 0 Å². The zero-order valence-electron chi connectivity index (χ0n) is 9.07. The lowest BCUT2D eigenvalue weighted by Gasteiger charge is -2.12. The number of esters is 2. The quantitative estimate of drug-likeness (QED) is 0.393. The van der Waals surface area contributed by atoms with Crippen molar-refractivity contribution in [1.29, 1.82) is 0 Å². The summed E-state index contributed by atoms with van der Waals surface area (Å²) in [7, 11) is 3.46. The lowest BCUT2D eigenvalue weighted by Crippen LogP contribution is -2.23. The van der Waals surface area contributed by atoms with E-state index in [1.165, 1.54) is 14.0 Å². The minimum absolute atomic E-state index is 0.271. The molecule has 0 aromatic carbocycles. The van der Waals surface area contributed by atoms with Gasteiger partial charge >= 0.3 is 11.9 Å². The maximum Gasteiger partial charge on any atom is 0.373 e. The smallest absolute Gasteiger partial charge is 0.373 e. The Hall–Kier alpha value is -1.56. The molecule has 1 atom stereocenters. The molecule has 0 fully saturated rings. The lowest BCUT2D eigenvalue weighted by atomic mass is 10.1. The van der Waals surface area contributed by atoms with E-state index in [4.69, 9.17) is 4.74 Å². The molecule has 0 saturated carbocycles. The van der Waals surface area contributed by atoms with Crippen molar-refractivity contribution in [2.24, 2.45) is 0 Å². The highest BCUT2D eigenvalue weighted by atomic mass is 16.6. The molecule has 0 spiro atoms. The number of ether oxygens (including phenoxy) is 3. The third-order valence-electron chi connectivity index (χ3n) is 1.64. The van der Waals surface area contributed by atoms with Crippen LogP contribution in [0, 0.1) is 0 Å². The summed E-state index contributed by atoms with van der Waals surface area (Å²) in [6.45, 7) is 1.31. The molecule has 6 nitrogen and oxygen atoms in total. The zero-order chi connectivity index (χ0) is 12.0. The maximum absolute atomic E-state index is 11.2. The predicted molar refractivity (Wildman–Crippen MR) is 49.7 cm³/mol. The topological polar surface area (TPSA) is 82.1 Å². The SMILES string of the molecule is COC(=O)/C(OC)=C(\C(=O)OC)C(C)O. The molecule has 0 saturated heterocycles. The third-order valence-corrected chi connectivity index (χ3v) is 1.64. The molecule has 0 aliphatic carbocycles. The van der Waals surface area contributed by atoms with Crippen LogP contribution in [0.3, 0.4) is 0 Å². The number of aliphatic hydroxyl groups is 1. The molecule has 0 amide bonds. The molecule has 0 aliphatic rings. The largest absolute Gasteiger partial charge is 0.489 e. The molecule has 0 aliphatic heterocycles. The van der Waals surface area contributed by atoms with Gasteiger partial charge in [0.2, 0.25) is 5.76 Å². The molecule has 0 rings (SSSR count). The van der Waals surface area contributed by atoms with E-state index in [0.29, 0.717) is 0 Å². The molecular weight excluding hydrogens is 204 g/mol. The molecule has 0 radical (unpaired) electrons. The van der Waals surface area contributed by atoms with Crippen molar-refractivity contribution < 1.29 is 28.9 Å². The Kier molecular flexibility index (Phi) is 5.40. The van der Waals surface area contributed by atoms with Gasteiger partial charge in [0.15, 0.2) is 0 Å². The fraction of sp³-hybridized carbons (Fsp3) is 0.556. The van der Waals surface area contributed by atoms with E-state index in [0.717, 1.165) is 14.2 Å². The van der Waals surface area contributed by atoms with E-state index in [-0.39, 0.29) is 11.3 Å². The van der Waals surface area contributed by atoms with Crippen LogP contribution in [0.1, 0.15) is 6.92 Å². The summed E-state index contributed by atoms with van der Waals surface area (Å²) in [5.41, 5.74) is -0.271. The van der Waals surface area contributed by atoms with Crippen molar-refractivity contribution >= 4 is 11.9 Å². The number of rotatable bonds is 4. The van der Waals surface area contributed by atoms with Gasteiger partial charge in [-0.15, -0.1) is 0 Å². The van der Waals surface area contributed by atoms with Gasteiger partial charge in [0.25, 0.3) is 0 Å². The van der Waals surface area contributed by atoms with E-state index < -0.39 is 18.0 Å². The Bertz CT molecular complexity index is 278. The summed E-state index contributed by atoms with van der Waals surface area (Å²) < 4.78 is 13.5. The first-order valence-electron chi connectivity index (χ1n) is 4.12. The molecule has 1 N–H and O–H groups in total. The van der Waals surface area contributed by atoms with Gasteiger partial charge in [-0.3, -0.25) is 0 Å². The Morgan fingerprint density at radius 3 is 1.73 bits per heavy atom. The first-order valence-corrected chi connectivity index (χ1v) is 4.12. The van der Waals surface area contributed by atoms with Gasteiger partial charge in [-0.25, -0.2) is 9.59 Å². The summed E-state index contributed by atoms with van der Waals surface area (Å²) in [6, 6.07) is 0. The average Bonchev–Trinajstić information content (AvgIpc) is 2.22. The van der Waals surface area contributed by atoms with Gasteiger partial charge in [0.05, 0.1) is 27.4 Å². The molecule has 0 heterocycles. The van der Waals surface area contributed by atoms with Crippen molar-refractivity contribution in [2.75, 3.05) is 21.3 Å². The number of methoxy groups -OCH3 is 3. The molecule has 86 valence electrons. The van der Waals surface area contributed by atoms with E-state index in [1.807, 2.05) is 0 Å². The van der Waals surface area contributed by atoms with E-state index in [9.17, 15) is 14.7 Å². The summed E-state index contributed by atoms with van der Waals surface area (Å²) in [5, 5.41) is 9.31. The molecule has 0 aromatic heterocycles. The highest BCUT2D eigenvalue weighted by molar-refractivity contribution is 5.99. The molecule has 0 bridgehead atoms. The van der Waals surface area contributed by atoms with E-state index in [2.05, 4.69) is 9.47 Å². The molecule has 1 unspecified atom stereocenters. The highest BCUT2D eigenvalue weighted by Crippen LogP contribution is 2.13. The maximum atomic E-state index is 11.2. The Morgan fingerprint density at radius 1 is 1.00 bits per heavy atom. The standard InChI is InChI=1S/C9H14O6/c1-5(10)6(8(11)14-3)7(13-2)9(12)15-4/h5,10H,1-4H3/b7-6+. The Morgan fingerprint density at radius 2 is 1.47 bits per heavy atom. The van der Waals surface area contributed by atoms with Crippen LogP contribution in [0.5, 0.6) is 0 Å². The fourth-order valence-electron chi connectivity index (χ4n) is 0.959. The van der Waals surface area contributed by atoms with Crippen molar-refractivity contribution in [1.82, 2.24) is 0 Å². The van der Waals surface area contributed by atoms with Gasteiger partial charge in [-0.1, -0.05) is 0 Å². The van der Waals surface area contributed by atoms with Crippen LogP contribution in [-0.4, -0.2) is 44.5 Å². The van der Waals surface area contributed by atoms with E-state index >= 15 is 0 Å². The Labute approximate surface area is 87.4 Å². The van der Waals surface area contributed by atoms with Crippen LogP contribution in [-0.2, 0) is 23.8 Å². The number of carbonyl (C=O) groups is 2. The van der Waals surface area contributed by atoms with Crippen LogP contribution in [0.4, 0.5) is 0 Å². The van der Waals surface area contributed by atoms with Crippen LogP contribution in [0.25, 0.3) is 0 Å². The number of aliphatic hydroxyl groups excluding tert-OH is 1. The van der Waals surface area contributed by atoms with E-state index in [1.54, 1.807) is 0 Å². The van der Waals surface area contributed by atoms with Crippen LogP contribution >= 0.6 is 0 Å². The van der Waals surface area contributed by atoms with Gasteiger partial charge in [-0.05, 0) is 6.92 Å². The van der Waals surface area contributed by atoms with Gasteiger partial charge < -0.3 is 19.3 Å². The normalized spacial score (nSPS) is 13.7. The number of hydrogen-bond donors (Lipinski definition) is 1. The molecule has 0 aromatic rings. The summed E-state index contributed by atoms with van der Waals surface area (Å²) in [4.78, 5) is 22.4. The monoisotopic (exact) mass is 218 g/mol. The lowest BCUT2D eigenvalue weighted by molar-refractivity contribution is -0.143. The second-order valence-electron chi connectivity index (χ2n) is 2.61. The molecule has 15 heavy (non-hydrogen) atoms. The minimum atomic E-state index is -1.19. The average molecular weight is 218 g/mol. The summed E-state index contributed by atoms with van der Waals surface area (Å²) >= 11 is 0. The van der Waals surface area contributed by atoms with Crippen LogP contribution in [0.2, 0.25) is 0 Å². The minimum Gasteiger partial charge on any atom is -0.489 e. The summed E-state index contributed by atoms with van der Waals surface area (Å²) in [6.07, 6.45) is -1.19. The second kappa shape index (κ2) is 6.02. The zero-order valence-corrected chi connectivity index (χ0v) is 9.07. The van der Waals surface area contributed by atoms with Crippen molar-refractivity contribution in [3.8, 4) is 0 Å². The van der Waals surface area contributed by atoms with Crippen molar-refractivity contribution in [3.05, 3.63) is 11.3 Å². The Balaban J connectivity index is 5.37. The third kappa shape index (κ3) is 3.25. The second-order valence-corrected chi connectivity index (χ2v) is 2.61. The number of hydrogen-bond acceptors (Lipinski definition) is 6. The molecule has 6 heteroatoms. The van der Waals surface area contributed by atoms with Crippen LogP contribution < -0.4 is 0 Å². The van der Waals surface area contributed by atoms with Crippen molar-refractivity contribution in [2.45, 2.75) is 13.0 Å². The predicted octanol–water partition coefficient (Wildman–Crippen LogP) is -0.386. The van der Waals surface area contributed by atoms with Gasteiger partial charge in [0.1, 0.15) is 5.57 Å². The number of carbonyl (C=O) groups excluding carboxylic acids is 2. The van der Waals surface area contributed by atoms with Gasteiger partial charge in [0, 0.05) is 0 Å². The highest BCUT2D eigenvalue weighted by Gasteiger charge is 2.27. The molecular formula is C9H14O6. The first-order chi connectivity index (χ1) is 6.99.